The molecule has 1 fully saturated rings. The molecule has 1 rings (SSSR count). The van der Waals surface area contributed by atoms with Crippen LogP contribution in [0.15, 0.2) is 0 Å². The zero-order valence-corrected chi connectivity index (χ0v) is 8.95. The standard InChI is InChI=1S/C11H21Cl/c1-10(12)8-9-11-6-4-2-3-5-7-11/h10-11H,2-9H2,1H3. The molecular formula is C11H21Cl. The van der Waals surface area contributed by atoms with Gasteiger partial charge in [0.1, 0.15) is 0 Å². The molecule has 0 heterocycles. The van der Waals surface area contributed by atoms with Crippen molar-refractivity contribution in [1.29, 1.82) is 0 Å². The van der Waals surface area contributed by atoms with Crippen molar-refractivity contribution in [3.8, 4) is 0 Å². The van der Waals surface area contributed by atoms with Crippen LogP contribution in [0.3, 0.4) is 0 Å². The van der Waals surface area contributed by atoms with E-state index in [0.717, 1.165) is 5.92 Å². The predicted molar refractivity (Wildman–Crippen MR) is 55.7 cm³/mol. The van der Waals surface area contributed by atoms with E-state index in [2.05, 4.69) is 6.92 Å². The van der Waals surface area contributed by atoms with E-state index in [1.54, 1.807) is 0 Å². The van der Waals surface area contributed by atoms with Gasteiger partial charge in [-0.25, -0.2) is 0 Å². The SMILES string of the molecule is CC(Cl)CCC1CCCCCC1. The van der Waals surface area contributed by atoms with Crippen molar-refractivity contribution in [1.82, 2.24) is 0 Å². The summed E-state index contributed by atoms with van der Waals surface area (Å²) in [6, 6.07) is 0. The van der Waals surface area contributed by atoms with E-state index < -0.39 is 0 Å². The molecule has 0 bridgehead atoms. The van der Waals surface area contributed by atoms with Gasteiger partial charge in [0.25, 0.3) is 0 Å². The summed E-state index contributed by atoms with van der Waals surface area (Å²) in [6.45, 7) is 2.11. The van der Waals surface area contributed by atoms with Crippen LogP contribution in [0, 0.1) is 5.92 Å². The van der Waals surface area contributed by atoms with Gasteiger partial charge >= 0.3 is 0 Å². The minimum Gasteiger partial charge on any atom is -0.123 e. The molecule has 0 spiro atoms. The van der Waals surface area contributed by atoms with Crippen LogP contribution < -0.4 is 0 Å². The molecule has 0 aliphatic heterocycles. The highest BCUT2D eigenvalue weighted by Gasteiger charge is 2.12. The zero-order chi connectivity index (χ0) is 8.81. The van der Waals surface area contributed by atoms with Crippen molar-refractivity contribution >= 4 is 11.6 Å². The zero-order valence-electron chi connectivity index (χ0n) is 8.19. The van der Waals surface area contributed by atoms with E-state index in [9.17, 15) is 0 Å². The molecule has 0 N–H and O–H groups in total. The normalized spacial score (nSPS) is 23.5. The third-order valence-electron chi connectivity index (χ3n) is 2.95. The molecule has 1 heteroatoms. The van der Waals surface area contributed by atoms with Crippen LogP contribution in [0.2, 0.25) is 0 Å². The summed E-state index contributed by atoms with van der Waals surface area (Å²) < 4.78 is 0. The van der Waals surface area contributed by atoms with Gasteiger partial charge in [-0.15, -0.1) is 11.6 Å². The van der Waals surface area contributed by atoms with Crippen LogP contribution >= 0.6 is 11.6 Å². The fourth-order valence-electron chi connectivity index (χ4n) is 2.12. The van der Waals surface area contributed by atoms with E-state index in [1.807, 2.05) is 0 Å². The molecule has 0 aromatic carbocycles. The minimum atomic E-state index is 0.383. The molecule has 1 aliphatic rings. The van der Waals surface area contributed by atoms with Gasteiger partial charge in [0.2, 0.25) is 0 Å². The molecule has 12 heavy (non-hydrogen) atoms. The lowest BCUT2D eigenvalue weighted by Crippen LogP contribution is -2.02. The first kappa shape index (κ1) is 10.4. The number of hydrogen-bond acceptors (Lipinski definition) is 0. The second-order valence-corrected chi connectivity index (χ2v) is 4.96. The molecule has 0 saturated heterocycles. The van der Waals surface area contributed by atoms with Crippen LogP contribution in [-0.2, 0) is 0 Å². The molecular weight excluding hydrogens is 168 g/mol. The summed E-state index contributed by atoms with van der Waals surface area (Å²) in [4.78, 5) is 0. The Bertz CT molecular complexity index is 102. The Balaban J connectivity index is 2.12. The summed E-state index contributed by atoms with van der Waals surface area (Å²) >= 11 is 5.94. The Morgan fingerprint density at radius 3 is 2.25 bits per heavy atom. The Morgan fingerprint density at radius 2 is 1.75 bits per heavy atom. The first-order valence-electron chi connectivity index (χ1n) is 5.43. The second-order valence-electron chi connectivity index (χ2n) is 4.22. The molecule has 0 aromatic heterocycles. The molecule has 0 aromatic rings. The fourth-order valence-corrected chi connectivity index (χ4v) is 2.24. The van der Waals surface area contributed by atoms with E-state index in [1.165, 1.54) is 51.4 Å². The van der Waals surface area contributed by atoms with E-state index in [4.69, 9.17) is 11.6 Å². The first-order chi connectivity index (χ1) is 5.79. The van der Waals surface area contributed by atoms with Crippen molar-refractivity contribution in [2.45, 2.75) is 63.7 Å². The smallest absolute Gasteiger partial charge is 0.0307 e. The van der Waals surface area contributed by atoms with Crippen molar-refractivity contribution in [2.75, 3.05) is 0 Å². The molecule has 0 nitrogen and oxygen atoms in total. The summed E-state index contributed by atoms with van der Waals surface area (Å²) in [5.41, 5.74) is 0. The third-order valence-corrected chi connectivity index (χ3v) is 3.17. The summed E-state index contributed by atoms with van der Waals surface area (Å²) in [5, 5.41) is 0.383. The lowest BCUT2D eigenvalue weighted by Gasteiger charge is -2.13. The Morgan fingerprint density at radius 1 is 1.17 bits per heavy atom. The van der Waals surface area contributed by atoms with Crippen LogP contribution in [0.1, 0.15) is 58.3 Å². The highest BCUT2D eigenvalue weighted by atomic mass is 35.5. The Labute approximate surface area is 81.7 Å². The van der Waals surface area contributed by atoms with Gasteiger partial charge in [-0.1, -0.05) is 38.5 Å². The van der Waals surface area contributed by atoms with E-state index >= 15 is 0 Å². The van der Waals surface area contributed by atoms with Crippen LogP contribution in [-0.4, -0.2) is 5.38 Å². The number of alkyl halides is 1. The topological polar surface area (TPSA) is 0 Å². The predicted octanol–water partition coefficient (Wildman–Crippen LogP) is 4.36. The van der Waals surface area contributed by atoms with Gasteiger partial charge < -0.3 is 0 Å². The van der Waals surface area contributed by atoms with E-state index in [0.29, 0.717) is 5.38 Å². The minimum absolute atomic E-state index is 0.383. The van der Waals surface area contributed by atoms with Crippen molar-refractivity contribution < 1.29 is 0 Å². The molecule has 72 valence electrons. The van der Waals surface area contributed by atoms with Crippen LogP contribution in [0.5, 0.6) is 0 Å². The van der Waals surface area contributed by atoms with Gasteiger partial charge in [0, 0.05) is 5.38 Å². The van der Waals surface area contributed by atoms with E-state index in [-0.39, 0.29) is 0 Å². The van der Waals surface area contributed by atoms with Gasteiger partial charge in [-0.05, 0) is 25.7 Å². The maximum Gasteiger partial charge on any atom is 0.0307 e. The van der Waals surface area contributed by atoms with Crippen molar-refractivity contribution in [3.63, 3.8) is 0 Å². The molecule has 0 radical (unpaired) electrons. The quantitative estimate of drug-likeness (QED) is 0.456. The van der Waals surface area contributed by atoms with Crippen molar-refractivity contribution in [3.05, 3.63) is 0 Å². The lowest BCUT2D eigenvalue weighted by atomic mass is 9.94. The molecule has 0 amide bonds. The summed E-state index contributed by atoms with van der Waals surface area (Å²) in [6.07, 6.45) is 11.4. The first-order valence-corrected chi connectivity index (χ1v) is 5.86. The highest BCUT2D eigenvalue weighted by Crippen LogP contribution is 2.27. The maximum atomic E-state index is 5.94. The molecule has 1 atom stereocenters. The van der Waals surface area contributed by atoms with Gasteiger partial charge in [-0.3, -0.25) is 0 Å². The molecule has 1 aliphatic carbocycles. The third kappa shape index (κ3) is 4.35. The Hall–Kier alpha value is 0.290. The second kappa shape index (κ2) is 5.85. The van der Waals surface area contributed by atoms with Crippen molar-refractivity contribution in [2.24, 2.45) is 5.92 Å². The number of halogens is 1. The fraction of sp³-hybridized carbons (Fsp3) is 1.00. The van der Waals surface area contributed by atoms with Crippen LogP contribution in [0.25, 0.3) is 0 Å². The average molecular weight is 189 g/mol. The molecule has 1 saturated carbocycles. The largest absolute Gasteiger partial charge is 0.123 e. The van der Waals surface area contributed by atoms with Gasteiger partial charge in [-0.2, -0.15) is 0 Å². The lowest BCUT2D eigenvalue weighted by molar-refractivity contribution is 0.415. The summed E-state index contributed by atoms with van der Waals surface area (Å²) in [7, 11) is 0. The molecule has 1 unspecified atom stereocenters. The highest BCUT2D eigenvalue weighted by molar-refractivity contribution is 6.20. The Kier molecular flexibility index (Phi) is 5.06. The van der Waals surface area contributed by atoms with Crippen LogP contribution in [0.4, 0.5) is 0 Å². The number of rotatable bonds is 3. The summed E-state index contributed by atoms with van der Waals surface area (Å²) in [5.74, 6) is 0.994. The monoisotopic (exact) mass is 188 g/mol. The van der Waals surface area contributed by atoms with Gasteiger partial charge in [0.15, 0.2) is 0 Å². The number of hydrogen-bond donors (Lipinski definition) is 0. The van der Waals surface area contributed by atoms with Gasteiger partial charge in [0.05, 0.1) is 0 Å². The average Bonchev–Trinajstić information content (AvgIpc) is 2.28. The maximum absolute atomic E-state index is 5.94.